The second-order valence-electron chi connectivity index (χ2n) is 0.149. The van der Waals surface area contributed by atoms with E-state index in [2.05, 4.69) is 20.4 Å². The summed E-state index contributed by atoms with van der Waals surface area (Å²) in [6.45, 7) is 0. The third-order valence-corrected chi connectivity index (χ3v) is 0. The van der Waals surface area contributed by atoms with Gasteiger partial charge >= 0.3 is 20.4 Å². The van der Waals surface area contributed by atoms with Gasteiger partial charge in [0.1, 0.15) is 0 Å². The minimum Gasteiger partial charge on any atom is 0 e. The number of hydrogen-bond acceptors (Lipinski definition) is 1. The molecule has 1 nitrogen and oxygen atoms in total. The van der Waals surface area contributed by atoms with Gasteiger partial charge in [-0.15, -0.1) is 0 Å². The van der Waals surface area contributed by atoms with E-state index in [9.17, 15) is 0 Å². The maximum absolute atomic E-state index is 4.25. The predicted octanol–water partition coefficient (Wildman–Crippen LogP) is -0.581. The molecule has 0 rings (SSSR count). The second-order valence-corrected chi connectivity index (χ2v) is 0.149. The third-order valence-electron chi connectivity index (χ3n) is 0. The van der Waals surface area contributed by atoms with Crippen LogP contribution in [0.3, 0.4) is 0 Å². The first-order valence-electron chi connectivity index (χ1n) is 0.516. The summed E-state index contributed by atoms with van der Waals surface area (Å²) < 4.78 is 0. The maximum atomic E-state index is 4.25. The summed E-state index contributed by atoms with van der Waals surface area (Å²) in [5, 5.41) is 0. The van der Waals surface area contributed by atoms with Crippen LogP contribution in [0.15, 0.2) is 4.81 Å². The van der Waals surface area contributed by atoms with Gasteiger partial charge in [0, 0.05) is 32.7 Å². The van der Waals surface area contributed by atoms with E-state index < -0.39 is 0 Å². The molecule has 0 fully saturated rings. The SMILES string of the molecule is [B]N=[B].[Y]. The Kier molecular flexibility index (Phi) is 20.0. The van der Waals surface area contributed by atoms with Crippen molar-refractivity contribution in [3.63, 3.8) is 0 Å². The Balaban J connectivity index is 0. The van der Waals surface area contributed by atoms with Gasteiger partial charge in [0.25, 0.3) is 0 Å². The number of hydrogen-bond donors (Lipinski definition) is 0. The maximum Gasteiger partial charge on any atom is 0 e. The van der Waals surface area contributed by atoms with Crippen LogP contribution in [0, 0.1) is 0 Å². The quantitative estimate of drug-likeness (QED) is 0.383. The monoisotopic (exact) mass is 125 g/mol. The summed E-state index contributed by atoms with van der Waals surface area (Å²) in [4.78, 5) is 2.50. The zero-order valence-electron chi connectivity index (χ0n) is 2.18. The molecule has 0 N–H and O–H groups in total. The van der Waals surface area contributed by atoms with Crippen LogP contribution in [0.2, 0.25) is 0 Å². The van der Waals surface area contributed by atoms with Crippen LogP contribution in [-0.4, -0.2) is 15.6 Å². The van der Waals surface area contributed by atoms with Gasteiger partial charge in [-0.2, -0.15) is 0 Å². The third kappa shape index (κ3) is 11.7. The molecule has 4 radical (unpaired) electrons. The van der Waals surface area contributed by atoms with Gasteiger partial charge in [0.15, 0.2) is 0 Å². The van der Waals surface area contributed by atoms with E-state index in [1.54, 1.807) is 0 Å². The molecule has 0 aliphatic heterocycles. The summed E-state index contributed by atoms with van der Waals surface area (Å²) in [7, 11) is 8.50. The van der Waals surface area contributed by atoms with E-state index >= 15 is 0 Å². The van der Waals surface area contributed by atoms with E-state index in [1.807, 2.05) is 0 Å². The summed E-state index contributed by atoms with van der Waals surface area (Å²) in [6, 6.07) is 0. The van der Waals surface area contributed by atoms with Crippen molar-refractivity contribution in [3.8, 4) is 0 Å². The van der Waals surface area contributed by atoms with Crippen LogP contribution in [-0.2, 0) is 32.7 Å². The topological polar surface area (TPSA) is 12.4 Å². The van der Waals surface area contributed by atoms with Gasteiger partial charge in [0.05, 0.1) is 0 Å². The molecule has 0 spiro atoms. The standard InChI is InChI=1S/B2N.Y/c1-3-2;. The van der Waals surface area contributed by atoms with Gasteiger partial charge in [0.2, 0.25) is 0 Å². The van der Waals surface area contributed by atoms with Gasteiger partial charge < -0.3 is 0 Å². The predicted molar refractivity (Wildman–Crippen MR) is 13.9 cm³/mol. The molecule has 0 amide bonds. The number of nitrogens with zero attached hydrogens (tertiary/aromatic N) is 1. The molecule has 0 heterocycles. The average Bonchev–Trinajstić information content (AvgIpc) is 0.918. The molecule has 0 aromatic rings. The van der Waals surface area contributed by atoms with E-state index in [-0.39, 0.29) is 32.7 Å². The smallest absolute Gasteiger partial charge is 0 e. The summed E-state index contributed by atoms with van der Waals surface area (Å²) >= 11 is 0. The molecule has 0 unspecified atom stereocenters. The summed E-state index contributed by atoms with van der Waals surface area (Å²) in [5.41, 5.74) is 0. The van der Waals surface area contributed by atoms with Crippen molar-refractivity contribution in [2.75, 3.05) is 0 Å². The summed E-state index contributed by atoms with van der Waals surface area (Å²) in [5.74, 6) is 0. The molecule has 0 aliphatic carbocycles. The van der Waals surface area contributed by atoms with Crippen molar-refractivity contribution in [2.45, 2.75) is 0 Å². The molecule has 0 aliphatic rings. The molecule has 4 heavy (non-hydrogen) atoms. The van der Waals surface area contributed by atoms with Crippen molar-refractivity contribution in [1.82, 2.24) is 0 Å². The molecule has 0 bridgehead atoms. The van der Waals surface area contributed by atoms with Crippen LogP contribution in [0.5, 0.6) is 0 Å². The van der Waals surface area contributed by atoms with E-state index in [0.29, 0.717) is 0 Å². The minimum absolute atomic E-state index is 0. The Labute approximate surface area is 53.0 Å². The second kappa shape index (κ2) is 8.98. The number of rotatable bonds is 0. The molecule has 0 saturated carbocycles. The molecule has 0 aromatic carbocycles. The van der Waals surface area contributed by atoms with Crippen molar-refractivity contribution >= 4 is 15.6 Å². The summed E-state index contributed by atoms with van der Waals surface area (Å²) in [6.07, 6.45) is 0. The van der Waals surface area contributed by atoms with Crippen LogP contribution >= 0.6 is 0 Å². The van der Waals surface area contributed by atoms with E-state index in [0.717, 1.165) is 0 Å². The Hall–Kier alpha value is 1.03. The van der Waals surface area contributed by atoms with Crippen LogP contribution in [0.4, 0.5) is 0 Å². The average molecular weight is 125 g/mol. The van der Waals surface area contributed by atoms with Crippen molar-refractivity contribution in [2.24, 2.45) is 4.81 Å². The largest absolute Gasteiger partial charge is 0 e. The Morgan fingerprint density at radius 1 is 1.50 bits per heavy atom. The van der Waals surface area contributed by atoms with E-state index in [4.69, 9.17) is 0 Å². The molecule has 0 saturated heterocycles. The molecule has 4 heteroatoms. The molecule has 0 atom stereocenters. The fourth-order valence-corrected chi connectivity index (χ4v) is 0. The van der Waals surface area contributed by atoms with Gasteiger partial charge in [-0.05, 0) is 0 Å². The van der Waals surface area contributed by atoms with Crippen LogP contribution < -0.4 is 0 Å². The van der Waals surface area contributed by atoms with Gasteiger partial charge in [-0.1, -0.05) is 0 Å². The first kappa shape index (κ1) is 8.90. The molecular formula is B2NY. The molecule has 14 valence electrons. The van der Waals surface area contributed by atoms with Crippen molar-refractivity contribution in [1.29, 1.82) is 0 Å². The van der Waals surface area contributed by atoms with Crippen molar-refractivity contribution < 1.29 is 32.7 Å². The van der Waals surface area contributed by atoms with Crippen LogP contribution in [0.25, 0.3) is 0 Å². The fourth-order valence-electron chi connectivity index (χ4n) is 0. The zero-order valence-corrected chi connectivity index (χ0v) is 5.02. The zero-order chi connectivity index (χ0) is 2.71. The Bertz CT molecular complexity index is 13.5. The first-order valence-corrected chi connectivity index (χ1v) is 0.516. The normalized spacial score (nSPS) is 2.75. The van der Waals surface area contributed by atoms with Gasteiger partial charge in [-0.3, -0.25) is 0 Å². The first-order chi connectivity index (χ1) is 1.41. The van der Waals surface area contributed by atoms with Gasteiger partial charge in [-0.25, -0.2) is 0 Å². The van der Waals surface area contributed by atoms with E-state index in [1.165, 1.54) is 0 Å². The van der Waals surface area contributed by atoms with Crippen molar-refractivity contribution in [3.05, 3.63) is 0 Å². The Morgan fingerprint density at radius 3 is 1.50 bits per heavy atom. The minimum atomic E-state index is 0. The van der Waals surface area contributed by atoms with Crippen LogP contribution in [0.1, 0.15) is 0 Å². The fraction of sp³-hybridized carbons (Fsp3) is 0. The molecular weight excluding hydrogens is 125 g/mol. The molecule has 0 aromatic heterocycles. The Morgan fingerprint density at radius 2 is 1.50 bits per heavy atom.